The quantitative estimate of drug-likeness (QED) is 0.708. The number of aromatic nitrogens is 3. The minimum absolute atomic E-state index is 0.0555. The molecule has 0 aliphatic rings. The van der Waals surface area contributed by atoms with Gasteiger partial charge in [-0.15, -0.1) is 0 Å². The van der Waals surface area contributed by atoms with E-state index in [2.05, 4.69) is 46.6 Å². The molecule has 0 unspecified atom stereocenters. The molecule has 140 valence electrons. The molecule has 2 heterocycles. The molecule has 2 amide bonds. The Morgan fingerprint density at radius 1 is 1.15 bits per heavy atom. The second kappa shape index (κ2) is 7.70. The molecule has 3 rings (SSSR count). The molecule has 2 N–H and O–H groups in total. The van der Waals surface area contributed by atoms with Gasteiger partial charge in [-0.3, -0.25) is 4.98 Å². The first-order valence-electron chi connectivity index (χ1n) is 9.02. The van der Waals surface area contributed by atoms with Crippen LogP contribution in [0.4, 0.5) is 10.5 Å². The van der Waals surface area contributed by atoms with E-state index in [9.17, 15) is 4.79 Å². The molecular weight excluding hydrogens is 338 g/mol. The van der Waals surface area contributed by atoms with Crippen molar-refractivity contribution in [1.29, 1.82) is 0 Å². The minimum Gasteiger partial charge on any atom is -0.331 e. The van der Waals surface area contributed by atoms with Gasteiger partial charge in [0, 0.05) is 17.8 Å². The van der Waals surface area contributed by atoms with Crippen LogP contribution >= 0.6 is 0 Å². The Morgan fingerprint density at radius 3 is 2.67 bits per heavy atom. The zero-order chi connectivity index (χ0) is 19.4. The Kier molecular flexibility index (Phi) is 5.35. The van der Waals surface area contributed by atoms with Crippen molar-refractivity contribution in [2.24, 2.45) is 5.41 Å². The van der Waals surface area contributed by atoms with Crippen LogP contribution in [0.25, 0.3) is 10.9 Å². The van der Waals surface area contributed by atoms with Gasteiger partial charge >= 0.3 is 6.03 Å². The molecule has 1 atom stereocenters. The highest BCUT2D eigenvalue weighted by atomic mass is 16.2. The van der Waals surface area contributed by atoms with Crippen LogP contribution in [0.3, 0.4) is 0 Å². The lowest BCUT2D eigenvalue weighted by Crippen LogP contribution is -2.34. The molecule has 0 spiro atoms. The SMILES string of the molecule is Cc1cc2c(NC(=O)N[C@H](CC(C)(C)C)c3cccnc3)cccc2nn1. The number of fused-ring (bicyclic) bond motifs is 1. The van der Waals surface area contributed by atoms with Crippen LogP contribution in [0.2, 0.25) is 0 Å². The lowest BCUT2D eigenvalue weighted by molar-refractivity contribution is 0.241. The number of carbonyl (C=O) groups excluding carboxylic acids is 1. The lowest BCUT2D eigenvalue weighted by Gasteiger charge is -2.27. The molecule has 0 aliphatic heterocycles. The van der Waals surface area contributed by atoms with Gasteiger partial charge in [0.15, 0.2) is 0 Å². The smallest absolute Gasteiger partial charge is 0.319 e. The number of nitrogens with one attached hydrogen (secondary N) is 2. The van der Waals surface area contributed by atoms with Crippen LogP contribution in [0.1, 0.15) is 44.5 Å². The van der Waals surface area contributed by atoms with Crippen LogP contribution in [0.15, 0.2) is 48.8 Å². The van der Waals surface area contributed by atoms with Gasteiger partial charge in [-0.1, -0.05) is 32.9 Å². The molecule has 2 aromatic heterocycles. The molecule has 0 saturated heterocycles. The molecule has 0 fully saturated rings. The number of rotatable bonds is 4. The van der Waals surface area contributed by atoms with Gasteiger partial charge in [0.2, 0.25) is 0 Å². The second-order valence-electron chi connectivity index (χ2n) is 7.93. The van der Waals surface area contributed by atoms with Gasteiger partial charge in [0.25, 0.3) is 0 Å². The van der Waals surface area contributed by atoms with Crippen molar-refractivity contribution in [1.82, 2.24) is 20.5 Å². The number of hydrogen-bond acceptors (Lipinski definition) is 4. The van der Waals surface area contributed by atoms with Gasteiger partial charge < -0.3 is 10.6 Å². The molecule has 0 bridgehead atoms. The van der Waals surface area contributed by atoms with Crippen molar-refractivity contribution in [3.05, 3.63) is 60.0 Å². The molecule has 1 aromatic carbocycles. The molecule has 27 heavy (non-hydrogen) atoms. The predicted octanol–water partition coefficient (Wildman–Crippen LogP) is 4.63. The maximum absolute atomic E-state index is 12.7. The molecule has 6 nitrogen and oxygen atoms in total. The van der Waals surface area contributed by atoms with E-state index in [4.69, 9.17) is 0 Å². The van der Waals surface area contributed by atoms with Crippen LogP contribution in [0, 0.1) is 12.3 Å². The molecular formula is C21H25N5O. The first-order valence-corrected chi connectivity index (χ1v) is 9.02. The Balaban J connectivity index is 1.81. The largest absolute Gasteiger partial charge is 0.331 e. The molecule has 0 aliphatic carbocycles. The summed E-state index contributed by atoms with van der Waals surface area (Å²) in [7, 11) is 0. The zero-order valence-electron chi connectivity index (χ0n) is 16.2. The lowest BCUT2D eigenvalue weighted by atomic mass is 9.86. The molecule has 6 heteroatoms. The number of carbonyl (C=O) groups is 1. The van der Waals surface area contributed by atoms with Crippen molar-refractivity contribution >= 4 is 22.6 Å². The van der Waals surface area contributed by atoms with Gasteiger partial charge in [0.05, 0.1) is 22.9 Å². The molecule has 0 radical (unpaired) electrons. The Hall–Kier alpha value is -3.02. The third kappa shape index (κ3) is 5.00. The topological polar surface area (TPSA) is 79.8 Å². The van der Waals surface area contributed by atoms with Gasteiger partial charge in [0.1, 0.15) is 0 Å². The number of urea groups is 1. The van der Waals surface area contributed by atoms with Gasteiger partial charge in [-0.25, -0.2) is 4.79 Å². The summed E-state index contributed by atoms with van der Waals surface area (Å²) in [5.41, 5.74) is 3.31. The van der Waals surface area contributed by atoms with E-state index >= 15 is 0 Å². The van der Waals surface area contributed by atoms with E-state index in [-0.39, 0.29) is 17.5 Å². The Labute approximate surface area is 159 Å². The standard InChI is InChI=1S/C21H25N5O/c1-14-11-16-17(8-5-9-18(16)26-25-14)23-20(27)24-19(12-21(2,3)4)15-7-6-10-22-13-15/h5-11,13,19H,12H2,1-4H3,(H2,23,24,27)/t19-/m1/s1. The van der Waals surface area contributed by atoms with Crippen LogP contribution < -0.4 is 10.6 Å². The highest BCUT2D eigenvalue weighted by Crippen LogP contribution is 2.29. The molecule has 3 aromatic rings. The van der Waals surface area contributed by atoms with Gasteiger partial charge in [-0.2, -0.15) is 10.2 Å². The van der Waals surface area contributed by atoms with Crippen molar-refractivity contribution in [3.8, 4) is 0 Å². The van der Waals surface area contributed by atoms with E-state index in [1.807, 2.05) is 43.3 Å². The highest BCUT2D eigenvalue weighted by molar-refractivity contribution is 6.00. The number of benzene rings is 1. The predicted molar refractivity (Wildman–Crippen MR) is 107 cm³/mol. The maximum atomic E-state index is 12.7. The van der Waals surface area contributed by atoms with Crippen molar-refractivity contribution < 1.29 is 4.79 Å². The maximum Gasteiger partial charge on any atom is 0.319 e. The average Bonchev–Trinajstić information content (AvgIpc) is 2.61. The fourth-order valence-corrected chi connectivity index (χ4v) is 3.03. The van der Waals surface area contributed by atoms with E-state index < -0.39 is 0 Å². The van der Waals surface area contributed by atoms with Crippen molar-refractivity contribution in [3.63, 3.8) is 0 Å². The van der Waals surface area contributed by atoms with Gasteiger partial charge in [-0.05, 0) is 48.6 Å². The fraction of sp³-hybridized carbons (Fsp3) is 0.333. The summed E-state index contributed by atoms with van der Waals surface area (Å²) >= 11 is 0. The second-order valence-corrected chi connectivity index (χ2v) is 7.93. The van der Waals surface area contributed by atoms with E-state index in [0.29, 0.717) is 5.69 Å². The normalized spacial score (nSPS) is 12.6. The monoisotopic (exact) mass is 363 g/mol. The summed E-state index contributed by atoms with van der Waals surface area (Å²) in [6, 6.07) is 11.0. The highest BCUT2D eigenvalue weighted by Gasteiger charge is 2.22. The number of anilines is 1. The number of nitrogens with zero attached hydrogens (tertiary/aromatic N) is 3. The summed E-state index contributed by atoms with van der Waals surface area (Å²) in [4.78, 5) is 16.9. The number of amides is 2. The van der Waals surface area contributed by atoms with E-state index in [1.165, 1.54) is 0 Å². The van der Waals surface area contributed by atoms with E-state index in [1.54, 1.807) is 12.4 Å². The van der Waals surface area contributed by atoms with E-state index in [0.717, 1.165) is 28.6 Å². The third-order valence-corrected chi connectivity index (χ3v) is 4.21. The Bertz CT molecular complexity index is 934. The number of pyridine rings is 1. The Morgan fingerprint density at radius 2 is 1.96 bits per heavy atom. The summed E-state index contributed by atoms with van der Waals surface area (Å²) in [6.45, 7) is 8.34. The molecule has 0 saturated carbocycles. The zero-order valence-corrected chi connectivity index (χ0v) is 16.2. The summed E-state index contributed by atoms with van der Waals surface area (Å²) < 4.78 is 0. The summed E-state index contributed by atoms with van der Waals surface area (Å²) in [5.74, 6) is 0. The number of hydrogen-bond donors (Lipinski definition) is 2. The first-order chi connectivity index (χ1) is 12.8. The summed E-state index contributed by atoms with van der Waals surface area (Å²) in [5, 5.41) is 15.2. The first kappa shape index (κ1) is 18.8. The van der Waals surface area contributed by atoms with Crippen LogP contribution in [0.5, 0.6) is 0 Å². The third-order valence-electron chi connectivity index (χ3n) is 4.21. The van der Waals surface area contributed by atoms with Crippen LogP contribution in [-0.4, -0.2) is 21.2 Å². The average molecular weight is 363 g/mol. The van der Waals surface area contributed by atoms with Crippen molar-refractivity contribution in [2.45, 2.75) is 40.2 Å². The minimum atomic E-state index is -0.255. The number of aryl methyl sites for hydroxylation is 1. The van der Waals surface area contributed by atoms with Crippen LogP contribution in [-0.2, 0) is 0 Å². The summed E-state index contributed by atoms with van der Waals surface area (Å²) in [6.07, 6.45) is 4.33. The fourth-order valence-electron chi connectivity index (χ4n) is 3.03. The van der Waals surface area contributed by atoms with Crippen molar-refractivity contribution in [2.75, 3.05) is 5.32 Å².